The molecule has 0 aliphatic rings. The number of hydrogen-bond acceptors (Lipinski definition) is 3. The topological polar surface area (TPSA) is 44.5 Å². The van der Waals surface area contributed by atoms with E-state index in [0.29, 0.717) is 11.6 Å². The van der Waals surface area contributed by atoms with E-state index in [1.165, 1.54) is 0 Å². The van der Waals surface area contributed by atoms with Gasteiger partial charge in [0, 0.05) is 10.6 Å². The molecule has 0 heterocycles. The van der Waals surface area contributed by atoms with Gasteiger partial charge in [0.05, 0.1) is 25.9 Å². The van der Waals surface area contributed by atoms with Gasteiger partial charge in [-0.1, -0.05) is 11.6 Å². The molecule has 0 spiro atoms. The van der Waals surface area contributed by atoms with Crippen molar-refractivity contribution >= 4 is 11.6 Å². The van der Waals surface area contributed by atoms with Crippen LogP contribution in [0.15, 0.2) is 18.2 Å². The second kappa shape index (κ2) is 6.09. The number of nitrogens with two attached hydrogens (primary N) is 1. The molecule has 16 heavy (non-hydrogen) atoms. The first-order valence-electron chi connectivity index (χ1n) is 5.25. The number of methoxy groups -OCH3 is 1. The molecule has 1 aromatic carbocycles. The molecule has 0 aromatic heterocycles. The van der Waals surface area contributed by atoms with Gasteiger partial charge >= 0.3 is 0 Å². The zero-order valence-electron chi connectivity index (χ0n) is 9.87. The number of ether oxygens (including phenoxy) is 2. The zero-order chi connectivity index (χ0) is 12.1. The van der Waals surface area contributed by atoms with Gasteiger partial charge in [-0.05, 0) is 32.0 Å². The zero-order valence-corrected chi connectivity index (χ0v) is 10.6. The summed E-state index contributed by atoms with van der Waals surface area (Å²) in [6, 6.07) is 5.18. The van der Waals surface area contributed by atoms with Gasteiger partial charge in [-0.2, -0.15) is 0 Å². The van der Waals surface area contributed by atoms with Gasteiger partial charge in [-0.15, -0.1) is 0 Å². The molecule has 1 rings (SSSR count). The van der Waals surface area contributed by atoms with E-state index in [4.69, 9.17) is 26.8 Å². The molecule has 0 bridgehead atoms. The molecule has 4 heteroatoms. The first kappa shape index (κ1) is 13.3. The number of hydrogen-bond donors (Lipinski definition) is 1. The number of benzene rings is 1. The van der Waals surface area contributed by atoms with Gasteiger partial charge in [-0.25, -0.2) is 0 Å². The maximum atomic E-state index is 6.02. The minimum Gasteiger partial charge on any atom is -0.496 e. The van der Waals surface area contributed by atoms with E-state index in [9.17, 15) is 0 Å². The fourth-order valence-corrected chi connectivity index (χ4v) is 1.56. The molecule has 1 aromatic rings. The lowest BCUT2D eigenvalue weighted by Gasteiger charge is -2.17. The van der Waals surface area contributed by atoms with Crippen LogP contribution in [0.3, 0.4) is 0 Å². The highest BCUT2D eigenvalue weighted by Gasteiger charge is 2.13. The van der Waals surface area contributed by atoms with Crippen LogP contribution in [-0.2, 0) is 4.74 Å². The van der Waals surface area contributed by atoms with Crippen LogP contribution in [-0.4, -0.2) is 19.8 Å². The van der Waals surface area contributed by atoms with Crippen molar-refractivity contribution < 1.29 is 9.47 Å². The Labute approximate surface area is 101 Å². The number of rotatable bonds is 5. The molecule has 3 nitrogen and oxygen atoms in total. The Bertz CT molecular complexity index is 342. The van der Waals surface area contributed by atoms with Crippen LogP contribution < -0.4 is 10.5 Å². The lowest BCUT2D eigenvalue weighted by molar-refractivity contribution is 0.0679. The average Bonchev–Trinajstić information content (AvgIpc) is 2.25. The Kier molecular flexibility index (Phi) is 5.06. The fraction of sp³-hybridized carbons (Fsp3) is 0.500. The molecule has 0 aliphatic heterocycles. The first-order chi connectivity index (χ1) is 7.54. The van der Waals surface area contributed by atoms with Crippen LogP contribution in [0, 0.1) is 0 Å². The molecule has 0 fully saturated rings. The maximum Gasteiger partial charge on any atom is 0.123 e. The van der Waals surface area contributed by atoms with Crippen molar-refractivity contribution in [1.82, 2.24) is 0 Å². The molecule has 0 saturated heterocycles. The summed E-state index contributed by atoms with van der Waals surface area (Å²) < 4.78 is 10.7. The summed E-state index contributed by atoms with van der Waals surface area (Å²) in [6.07, 6.45) is 0.163. The summed E-state index contributed by atoms with van der Waals surface area (Å²) in [4.78, 5) is 0. The smallest absolute Gasteiger partial charge is 0.123 e. The monoisotopic (exact) mass is 243 g/mol. The molecule has 0 amide bonds. The predicted molar refractivity (Wildman–Crippen MR) is 66.0 cm³/mol. The highest BCUT2D eigenvalue weighted by Crippen LogP contribution is 2.27. The molecule has 0 aliphatic carbocycles. The Morgan fingerprint density at radius 1 is 1.38 bits per heavy atom. The summed E-state index contributed by atoms with van der Waals surface area (Å²) in [7, 11) is 1.61. The Balaban J connectivity index is 2.80. The quantitative estimate of drug-likeness (QED) is 0.865. The minimum atomic E-state index is -0.226. The van der Waals surface area contributed by atoms with Crippen molar-refractivity contribution in [3.8, 4) is 5.75 Å². The molecule has 2 N–H and O–H groups in total. The lowest BCUT2D eigenvalue weighted by Crippen LogP contribution is -2.20. The van der Waals surface area contributed by atoms with E-state index in [-0.39, 0.29) is 12.1 Å². The maximum absolute atomic E-state index is 6.02. The van der Waals surface area contributed by atoms with Crippen molar-refractivity contribution in [3.63, 3.8) is 0 Å². The van der Waals surface area contributed by atoms with Crippen LogP contribution in [0.4, 0.5) is 0 Å². The normalized spacial score (nSPS) is 12.9. The lowest BCUT2D eigenvalue weighted by atomic mass is 10.1. The molecular formula is C12H18ClNO2. The van der Waals surface area contributed by atoms with Crippen molar-refractivity contribution in [2.75, 3.05) is 13.7 Å². The second-order valence-electron chi connectivity index (χ2n) is 3.87. The van der Waals surface area contributed by atoms with E-state index in [0.717, 1.165) is 11.3 Å². The van der Waals surface area contributed by atoms with E-state index in [1.807, 2.05) is 26.0 Å². The predicted octanol–water partition coefficient (Wildman–Crippen LogP) is 2.77. The third kappa shape index (κ3) is 3.67. The molecule has 1 unspecified atom stereocenters. The third-order valence-corrected chi connectivity index (χ3v) is 2.44. The van der Waals surface area contributed by atoms with Crippen molar-refractivity contribution in [2.45, 2.75) is 26.0 Å². The van der Waals surface area contributed by atoms with Crippen molar-refractivity contribution in [1.29, 1.82) is 0 Å². The Morgan fingerprint density at radius 3 is 2.62 bits per heavy atom. The highest BCUT2D eigenvalue weighted by atomic mass is 35.5. The van der Waals surface area contributed by atoms with Crippen LogP contribution in [0.1, 0.15) is 25.5 Å². The Hall–Kier alpha value is -0.770. The Morgan fingerprint density at radius 2 is 2.06 bits per heavy atom. The van der Waals surface area contributed by atoms with Gasteiger partial charge < -0.3 is 15.2 Å². The van der Waals surface area contributed by atoms with E-state index in [1.54, 1.807) is 13.2 Å². The number of halogens is 1. The SMILES string of the molecule is COc1ccc(Cl)cc1C(N)COC(C)C. The van der Waals surface area contributed by atoms with Gasteiger partial charge in [0.25, 0.3) is 0 Å². The highest BCUT2D eigenvalue weighted by molar-refractivity contribution is 6.30. The second-order valence-corrected chi connectivity index (χ2v) is 4.31. The molecule has 0 radical (unpaired) electrons. The fourth-order valence-electron chi connectivity index (χ4n) is 1.38. The molecule has 1 atom stereocenters. The first-order valence-corrected chi connectivity index (χ1v) is 5.63. The van der Waals surface area contributed by atoms with E-state index >= 15 is 0 Å². The van der Waals surface area contributed by atoms with Crippen LogP contribution in [0.25, 0.3) is 0 Å². The van der Waals surface area contributed by atoms with Crippen molar-refractivity contribution in [3.05, 3.63) is 28.8 Å². The van der Waals surface area contributed by atoms with E-state index < -0.39 is 0 Å². The van der Waals surface area contributed by atoms with Crippen molar-refractivity contribution in [2.24, 2.45) is 5.73 Å². The van der Waals surface area contributed by atoms with Gasteiger partial charge in [-0.3, -0.25) is 0 Å². The van der Waals surface area contributed by atoms with Crippen LogP contribution in [0.5, 0.6) is 5.75 Å². The molecule has 90 valence electrons. The summed E-state index contributed by atoms with van der Waals surface area (Å²) in [5.41, 5.74) is 6.90. The van der Waals surface area contributed by atoms with Gasteiger partial charge in [0.2, 0.25) is 0 Å². The standard InChI is InChI=1S/C12H18ClNO2/c1-8(2)16-7-11(14)10-6-9(13)4-5-12(10)15-3/h4-6,8,11H,7,14H2,1-3H3. The largest absolute Gasteiger partial charge is 0.496 e. The van der Waals surface area contributed by atoms with Gasteiger partial charge in [0.1, 0.15) is 5.75 Å². The van der Waals surface area contributed by atoms with E-state index in [2.05, 4.69) is 0 Å². The van der Waals surface area contributed by atoms with Crippen LogP contribution in [0.2, 0.25) is 5.02 Å². The summed E-state index contributed by atoms with van der Waals surface area (Å²) in [5, 5.41) is 0.649. The summed E-state index contributed by atoms with van der Waals surface area (Å²) in [5.74, 6) is 0.740. The molecular weight excluding hydrogens is 226 g/mol. The molecule has 0 saturated carbocycles. The summed E-state index contributed by atoms with van der Waals surface area (Å²) in [6.45, 7) is 4.40. The average molecular weight is 244 g/mol. The minimum absolute atomic E-state index is 0.163. The van der Waals surface area contributed by atoms with Crippen LogP contribution >= 0.6 is 11.6 Å². The summed E-state index contributed by atoms with van der Waals surface area (Å²) >= 11 is 5.93. The third-order valence-electron chi connectivity index (χ3n) is 2.20. The van der Waals surface area contributed by atoms with Gasteiger partial charge in [0.15, 0.2) is 0 Å².